The van der Waals surface area contributed by atoms with Gasteiger partial charge in [-0.3, -0.25) is 15.0 Å². The van der Waals surface area contributed by atoms with Crippen molar-refractivity contribution in [3.05, 3.63) is 77.9 Å². The Morgan fingerprint density at radius 3 is 2.17 bits per heavy atom. The lowest BCUT2D eigenvalue weighted by atomic mass is 10.0. The summed E-state index contributed by atoms with van der Waals surface area (Å²) in [4.78, 5) is 39.1. The van der Waals surface area contributed by atoms with Gasteiger partial charge in [-0.15, -0.1) is 0 Å². The Labute approximate surface area is 274 Å². The summed E-state index contributed by atoms with van der Waals surface area (Å²) < 4.78 is 34.5. The van der Waals surface area contributed by atoms with Gasteiger partial charge in [0.05, 0.1) is 10.5 Å². The zero-order valence-electron chi connectivity index (χ0n) is 26.9. The fraction of sp³-hybridized carbons (Fsp3) is 0.412. The summed E-state index contributed by atoms with van der Waals surface area (Å²) in [5.41, 5.74) is 12.3. The highest BCUT2D eigenvalue weighted by Gasteiger charge is 2.52. The van der Waals surface area contributed by atoms with Gasteiger partial charge < -0.3 is 31.5 Å². The lowest BCUT2D eigenvalue weighted by Gasteiger charge is -2.35. The number of carboxylic acids is 1. The number of nitrogen functional groups attached to an aromatic ring is 1. The Hall–Kier alpha value is -4.33. The summed E-state index contributed by atoms with van der Waals surface area (Å²) in [5.74, 6) is -3.28. The first-order valence-electron chi connectivity index (χ1n) is 15.5. The molecule has 3 aromatic rings. The van der Waals surface area contributed by atoms with E-state index in [0.29, 0.717) is 29.6 Å². The van der Waals surface area contributed by atoms with Crippen molar-refractivity contribution in [2.75, 3.05) is 13.1 Å². The number of likely N-dealkylation sites (tertiary alicyclic amines) is 1. The molecule has 0 aliphatic carbocycles. The van der Waals surface area contributed by atoms with Gasteiger partial charge in [-0.2, -0.15) is 0 Å². The first-order chi connectivity index (χ1) is 22.0. The third-order valence-corrected chi connectivity index (χ3v) is 10.3. The molecule has 4 rings (SSSR count). The molecule has 0 aromatic heterocycles. The van der Waals surface area contributed by atoms with E-state index in [1.165, 1.54) is 12.1 Å². The topological polar surface area (TPSA) is 206 Å². The second-order valence-electron chi connectivity index (χ2n) is 12.9. The number of fused-ring (bicyclic) bond motifs is 1. The molecule has 1 unspecified atom stereocenters. The van der Waals surface area contributed by atoms with E-state index in [0.717, 1.165) is 24.6 Å². The van der Waals surface area contributed by atoms with Crippen LogP contribution in [0.25, 0.3) is 10.8 Å². The Morgan fingerprint density at radius 2 is 1.60 bits per heavy atom. The smallest absolute Gasteiger partial charge is 0.332 e. The van der Waals surface area contributed by atoms with E-state index >= 15 is 0 Å². The summed E-state index contributed by atoms with van der Waals surface area (Å²) in [7, 11) is -4.80. The van der Waals surface area contributed by atoms with Gasteiger partial charge in [0.15, 0.2) is 6.10 Å². The monoisotopic (exact) mass is 665 g/mol. The van der Waals surface area contributed by atoms with Gasteiger partial charge >= 0.3 is 5.97 Å². The maximum absolute atomic E-state index is 14.4. The average Bonchev–Trinajstić information content (AvgIpc) is 3.03. The van der Waals surface area contributed by atoms with Crippen LogP contribution in [0.5, 0.6) is 0 Å². The number of nitrogens with zero attached hydrogens (tertiary/aromatic N) is 1. The number of amides is 2. The summed E-state index contributed by atoms with van der Waals surface area (Å²) >= 11 is 0. The Morgan fingerprint density at radius 1 is 0.979 bits per heavy atom. The van der Waals surface area contributed by atoms with Crippen LogP contribution in [-0.4, -0.2) is 77.8 Å². The molecule has 0 saturated carbocycles. The molecular weight excluding hydrogens is 622 g/mol. The van der Waals surface area contributed by atoms with Gasteiger partial charge in [0.1, 0.15) is 11.9 Å². The number of piperidine rings is 1. The molecule has 0 radical (unpaired) electrons. The van der Waals surface area contributed by atoms with Gasteiger partial charge in [-0.1, -0.05) is 54.6 Å². The molecule has 7 N–H and O–H groups in total. The molecule has 12 nitrogen and oxygen atoms in total. The standard InChI is InChI=1S/C34H43N5O7S/c1-33(2,3)46-28(31(41)42)21-34(37,47(44,45)26-16-15-23-9-5-6-10-25(23)20-26)32(43)38-27(30(40)39-17-7-4-8-18-39)19-22-11-13-24(14-12-22)29(35)36/h5-6,9-16,20,27-28H,4,7-8,17-19,21,37H2,1-3H3,(H3,35,36)(H,38,43)(H,41,42)/t27-,28?,34+/m0/s1. The van der Waals surface area contributed by atoms with Crippen molar-refractivity contribution in [1.82, 2.24) is 10.2 Å². The minimum Gasteiger partial charge on any atom is -0.479 e. The highest BCUT2D eigenvalue weighted by atomic mass is 32.2. The third-order valence-electron chi connectivity index (χ3n) is 8.13. The van der Waals surface area contributed by atoms with E-state index in [1.54, 1.807) is 80.3 Å². The van der Waals surface area contributed by atoms with Gasteiger partial charge in [0, 0.05) is 31.5 Å². The largest absolute Gasteiger partial charge is 0.479 e. The van der Waals surface area contributed by atoms with E-state index in [9.17, 15) is 27.9 Å². The Balaban J connectivity index is 1.78. The van der Waals surface area contributed by atoms with E-state index < -0.39 is 56.7 Å². The van der Waals surface area contributed by atoms with Crippen molar-refractivity contribution >= 4 is 44.2 Å². The van der Waals surface area contributed by atoms with Crippen molar-refractivity contribution in [3.63, 3.8) is 0 Å². The lowest BCUT2D eigenvalue weighted by molar-refractivity contribution is -0.161. The number of ether oxygens (including phenoxy) is 1. The zero-order valence-corrected chi connectivity index (χ0v) is 27.7. The van der Waals surface area contributed by atoms with Crippen LogP contribution in [0.15, 0.2) is 71.6 Å². The van der Waals surface area contributed by atoms with E-state index in [-0.39, 0.29) is 17.2 Å². The Bertz CT molecular complexity index is 1750. The highest BCUT2D eigenvalue weighted by molar-refractivity contribution is 7.93. The third kappa shape index (κ3) is 8.34. The molecule has 1 saturated heterocycles. The molecule has 1 aliphatic heterocycles. The van der Waals surface area contributed by atoms with Gasteiger partial charge in [-0.25, -0.2) is 13.2 Å². The van der Waals surface area contributed by atoms with Crippen LogP contribution in [-0.2, 0) is 35.4 Å². The molecule has 13 heteroatoms. The molecule has 3 aromatic carbocycles. The lowest BCUT2D eigenvalue weighted by Crippen LogP contribution is -2.64. The summed E-state index contributed by atoms with van der Waals surface area (Å²) in [6.45, 7) is 5.74. The number of amidine groups is 1. The number of nitrogens with two attached hydrogens (primary N) is 2. The van der Waals surface area contributed by atoms with Gasteiger partial charge in [0.25, 0.3) is 5.91 Å². The van der Waals surface area contributed by atoms with Crippen molar-refractivity contribution in [2.45, 2.75) is 80.4 Å². The summed E-state index contributed by atoms with van der Waals surface area (Å²) in [5, 5.41) is 21.7. The Kier molecular flexibility index (Phi) is 10.7. The molecule has 252 valence electrons. The molecule has 1 fully saturated rings. The second-order valence-corrected chi connectivity index (χ2v) is 15.1. The van der Waals surface area contributed by atoms with Crippen LogP contribution >= 0.6 is 0 Å². The van der Waals surface area contributed by atoms with Crippen molar-refractivity contribution in [3.8, 4) is 0 Å². The van der Waals surface area contributed by atoms with Crippen molar-refractivity contribution < 1.29 is 32.6 Å². The molecule has 1 aliphatic rings. The molecule has 0 bridgehead atoms. The number of hydrogen-bond donors (Lipinski definition) is 5. The highest BCUT2D eigenvalue weighted by Crippen LogP contribution is 2.31. The number of carbonyl (C=O) groups excluding carboxylic acids is 2. The number of nitrogens with one attached hydrogen (secondary N) is 2. The van der Waals surface area contributed by atoms with E-state index in [1.807, 2.05) is 0 Å². The number of benzene rings is 3. The fourth-order valence-corrected chi connectivity index (χ4v) is 7.25. The predicted molar refractivity (Wildman–Crippen MR) is 178 cm³/mol. The molecule has 3 atom stereocenters. The average molecular weight is 666 g/mol. The van der Waals surface area contributed by atoms with Crippen molar-refractivity contribution in [2.24, 2.45) is 11.5 Å². The summed E-state index contributed by atoms with van der Waals surface area (Å²) in [6, 6.07) is 16.6. The number of aliphatic carboxylic acids is 1. The van der Waals surface area contributed by atoms with Gasteiger partial charge in [-0.05, 0) is 68.5 Å². The molecule has 2 amide bonds. The normalized spacial score (nSPS) is 16.6. The SMILES string of the molecule is CC(C)(C)OC(C[C@](N)(C(=O)N[C@@H](Cc1ccc(C(=N)N)cc1)C(=O)N1CCCCC1)S(=O)(=O)c1ccc2ccccc2c1)C(=O)O. The minimum atomic E-state index is -4.80. The molecule has 1 heterocycles. The van der Waals surface area contributed by atoms with Crippen LogP contribution in [0.2, 0.25) is 0 Å². The minimum absolute atomic E-state index is 0.0216. The van der Waals surface area contributed by atoms with Crippen molar-refractivity contribution in [1.29, 1.82) is 5.41 Å². The van der Waals surface area contributed by atoms with E-state index in [4.69, 9.17) is 21.6 Å². The number of sulfone groups is 1. The van der Waals surface area contributed by atoms with Crippen LogP contribution in [0.1, 0.15) is 57.6 Å². The van der Waals surface area contributed by atoms with Crippen LogP contribution in [0, 0.1) is 5.41 Å². The van der Waals surface area contributed by atoms with E-state index in [2.05, 4.69) is 5.32 Å². The molecule has 47 heavy (non-hydrogen) atoms. The fourth-order valence-electron chi connectivity index (χ4n) is 5.62. The first kappa shape index (κ1) is 35.5. The zero-order chi connectivity index (χ0) is 34.6. The van der Waals surface area contributed by atoms with Gasteiger partial charge in [0.2, 0.25) is 20.6 Å². The molecule has 0 spiro atoms. The quantitative estimate of drug-likeness (QED) is 0.142. The van der Waals surface area contributed by atoms with Crippen LogP contribution in [0.3, 0.4) is 0 Å². The number of rotatable bonds is 12. The second kappa shape index (κ2) is 14.2. The first-order valence-corrected chi connectivity index (χ1v) is 17.0. The number of carboxylic acid groups (broad SMARTS) is 1. The number of carbonyl (C=O) groups is 3. The predicted octanol–water partition coefficient (Wildman–Crippen LogP) is 2.95. The molecular formula is C34H43N5O7S. The van der Waals surface area contributed by atoms with Crippen LogP contribution < -0.4 is 16.8 Å². The summed E-state index contributed by atoms with van der Waals surface area (Å²) in [6.07, 6.45) is -0.225. The number of hydrogen-bond acceptors (Lipinski definition) is 8. The maximum atomic E-state index is 14.4. The van der Waals surface area contributed by atoms with Crippen LogP contribution in [0.4, 0.5) is 0 Å². The maximum Gasteiger partial charge on any atom is 0.332 e.